The molecule has 0 aliphatic rings. The molecule has 0 aromatic heterocycles. The van der Waals surface area contributed by atoms with Crippen molar-refractivity contribution in [2.24, 2.45) is 0 Å². The Morgan fingerprint density at radius 3 is 2.56 bits per heavy atom. The summed E-state index contributed by atoms with van der Waals surface area (Å²) in [5, 5.41) is 0. The second kappa shape index (κ2) is 6.67. The van der Waals surface area contributed by atoms with E-state index in [1.807, 2.05) is 0 Å². The topological polar surface area (TPSA) is 78.6 Å². The molecular formula is C11H16FNO4S. The van der Waals surface area contributed by atoms with E-state index in [-0.39, 0.29) is 22.9 Å². The van der Waals surface area contributed by atoms with Crippen LogP contribution in [-0.4, -0.2) is 41.1 Å². The van der Waals surface area contributed by atoms with Gasteiger partial charge in [-0.05, 0) is 18.2 Å². The fourth-order valence-electron chi connectivity index (χ4n) is 1.29. The quantitative estimate of drug-likeness (QED) is 0.590. The van der Waals surface area contributed by atoms with E-state index >= 15 is 0 Å². The van der Waals surface area contributed by atoms with Crippen LogP contribution in [0.25, 0.3) is 0 Å². The fraction of sp³-hybridized carbons (Fsp3) is 0.455. The normalized spacial score (nSPS) is 11.7. The molecule has 0 heterocycles. The zero-order valence-electron chi connectivity index (χ0n) is 10.1. The van der Waals surface area contributed by atoms with Crippen molar-refractivity contribution in [3.05, 3.63) is 24.0 Å². The summed E-state index contributed by atoms with van der Waals surface area (Å²) in [5.41, 5.74) is 5.48. The van der Waals surface area contributed by atoms with Crippen LogP contribution in [0.4, 0.5) is 10.1 Å². The summed E-state index contributed by atoms with van der Waals surface area (Å²) in [6, 6.07) is 3.24. The number of halogens is 1. The van der Waals surface area contributed by atoms with Crippen molar-refractivity contribution in [3.63, 3.8) is 0 Å². The van der Waals surface area contributed by atoms with Crippen LogP contribution >= 0.6 is 0 Å². The molecule has 0 saturated heterocycles. The van der Waals surface area contributed by atoms with E-state index in [2.05, 4.69) is 0 Å². The predicted molar refractivity (Wildman–Crippen MR) is 65.6 cm³/mol. The summed E-state index contributed by atoms with van der Waals surface area (Å²) in [6.45, 7) is 0.742. The van der Waals surface area contributed by atoms with Crippen LogP contribution in [-0.2, 0) is 19.3 Å². The van der Waals surface area contributed by atoms with Crippen LogP contribution in [0.5, 0.6) is 0 Å². The number of nitrogen functional groups attached to an aromatic ring is 1. The van der Waals surface area contributed by atoms with Gasteiger partial charge in [-0.2, -0.15) is 0 Å². The van der Waals surface area contributed by atoms with Crippen LogP contribution in [0.1, 0.15) is 0 Å². The summed E-state index contributed by atoms with van der Waals surface area (Å²) in [7, 11) is -2.05. The average Bonchev–Trinajstić information content (AvgIpc) is 2.27. The van der Waals surface area contributed by atoms with Crippen LogP contribution in [0.2, 0.25) is 0 Å². The zero-order chi connectivity index (χ0) is 13.6. The summed E-state index contributed by atoms with van der Waals surface area (Å²) in [5.74, 6) is -0.895. The van der Waals surface area contributed by atoms with Crippen molar-refractivity contribution in [2.75, 3.05) is 38.4 Å². The van der Waals surface area contributed by atoms with Gasteiger partial charge in [0, 0.05) is 12.8 Å². The van der Waals surface area contributed by atoms with Crippen LogP contribution in [0.3, 0.4) is 0 Å². The molecule has 0 bridgehead atoms. The number of hydrogen-bond acceptors (Lipinski definition) is 5. The Bertz CT molecular complexity index is 470. The van der Waals surface area contributed by atoms with Crippen LogP contribution in [0.15, 0.2) is 23.1 Å². The Labute approximate surface area is 106 Å². The molecule has 1 aromatic carbocycles. The smallest absolute Gasteiger partial charge is 0.180 e. The monoisotopic (exact) mass is 277 g/mol. The highest BCUT2D eigenvalue weighted by Crippen LogP contribution is 2.17. The minimum absolute atomic E-state index is 0.0299. The molecule has 0 aliphatic carbocycles. The maximum atomic E-state index is 13.1. The maximum Gasteiger partial charge on any atom is 0.180 e. The third kappa shape index (κ3) is 4.59. The Balaban J connectivity index is 2.63. The van der Waals surface area contributed by atoms with Gasteiger partial charge in [-0.15, -0.1) is 0 Å². The van der Waals surface area contributed by atoms with E-state index in [9.17, 15) is 12.8 Å². The Kier molecular flexibility index (Phi) is 5.52. The van der Waals surface area contributed by atoms with Gasteiger partial charge in [0.1, 0.15) is 5.82 Å². The summed E-state index contributed by atoms with van der Waals surface area (Å²) in [6.07, 6.45) is 0. The molecule has 0 atom stereocenters. The molecule has 0 saturated carbocycles. The third-order valence-corrected chi connectivity index (χ3v) is 3.84. The van der Waals surface area contributed by atoms with E-state index in [1.54, 1.807) is 0 Å². The van der Waals surface area contributed by atoms with E-state index in [0.29, 0.717) is 13.2 Å². The van der Waals surface area contributed by atoms with Crippen LogP contribution < -0.4 is 5.73 Å². The lowest BCUT2D eigenvalue weighted by Crippen LogP contribution is -2.14. The van der Waals surface area contributed by atoms with Gasteiger partial charge in [0.15, 0.2) is 9.84 Å². The Hall–Kier alpha value is -1.18. The first kappa shape index (κ1) is 14.9. The minimum Gasteiger partial charge on any atom is -0.399 e. The number of nitrogens with two attached hydrogens (primary N) is 1. The average molecular weight is 277 g/mol. The van der Waals surface area contributed by atoms with Gasteiger partial charge in [0.25, 0.3) is 0 Å². The highest BCUT2D eigenvalue weighted by molar-refractivity contribution is 7.91. The molecule has 1 rings (SSSR count). The van der Waals surface area contributed by atoms with Gasteiger partial charge < -0.3 is 15.2 Å². The second-order valence-electron chi connectivity index (χ2n) is 3.64. The standard InChI is InChI=1S/C11H16FNO4S/c1-16-2-3-17-4-5-18(14,15)11-7-9(12)6-10(13)8-11/h6-8H,2-5,13H2,1H3. The number of benzene rings is 1. The molecule has 0 fully saturated rings. The zero-order valence-corrected chi connectivity index (χ0v) is 10.9. The molecular weight excluding hydrogens is 261 g/mol. The molecule has 2 N–H and O–H groups in total. The maximum absolute atomic E-state index is 13.1. The van der Waals surface area contributed by atoms with Crippen molar-refractivity contribution in [3.8, 4) is 0 Å². The molecule has 0 aliphatic heterocycles. The van der Waals surface area contributed by atoms with E-state index in [0.717, 1.165) is 12.1 Å². The van der Waals surface area contributed by atoms with Gasteiger partial charge in [0.05, 0.1) is 30.5 Å². The first-order valence-corrected chi connectivity index (χ1v) is 6.96. The Morgan fingerprint density at radius 1 is 1.22 bits per heavy atom. The number of hydrogen-bond donors (Lipinski definition) is 1. The molecule has 0 unspecified atom stereocenters. The van der Waals surface area contributed by atoms with Crippen LogP contribution in [0, 0.1) is 5.82 Å². The SMILES string of the molecule is COCCOCCS(=O)(=O)c1cc(N)cc(F)c1. The lowest BCUT2D eigenvalue weighted by molar-refractivity contribution is 0.0785. The largest absolute Gasteiger partial charge is 0.399 e. The molecule has 0 radical (unpaired) electrons. The van der Waals surface area contributed by atoms with Crippen molar-refractivity contribution in [1.82, 2.24) is 0 Å². The van der Waals surface area contributed by atoms with Crippen molar-refractivity contribution in [1.29, 1.82) is 0 Å². The first-order valence-electron chi connectivity index (χ1n) is 5.31. The summed E-state index contributed by atoms with van der Waals surface area (Å²) in [4.78, 5) is -0.129. The second-order valence-corrected chi connectivity index (χ2v) is 5.75. The van der Waals surface area contributed by atoms with Gasteiger partial charge in [-0.25, -0.2) is 12.8 Å². The molecule has 0 spiro atoms. The number of rotatable bonds is 7. The minimum atomic E-state index is -3.58. The van der Waals surface area contributed by atoms with Crippen molar-refractivity contribution >= 4 is 15.5 Å². The third-order valence-electron chi connectivity index (χ3n) is 2.18. The van der Waals surface area contributed by atoms with E-state index in [1.165, 1.54) is 13.2 Å². The number of methoxy groups -OCH3 is 1. The van der Waals surface area contributed by atoms with Crippen molar-refractivity contribution in [2.45, 2.75) is 4.90 Å². The predicted octanol–water partition coefficient (Wildman–Crippen LogP) is 0.845. The van der Waals surface area contributed by atoms with Gasteiger partial charge in [-0.3, -0.25) is 0 Å². The molecule has 102 valence electrons. The molecule has 0 amide bonds. The summed E-state index contributed by atoms with van der Waals surface area (Å²) >= 11 is 0. The van der Waals surface area contributed by atoms with Gasteiger partial charge in [0.2, 0.25) is 0 Å². The molecule has 18 heavy (non-hydrogen) atoms. The Morgan fingerprint density at radius 2 is 1.94 bits per heavy atom. The number of ether oxygens (including phenoxy) is 2. The summed E-state index contributed by atoms with van der Waals surface area (Å²) < 4.78 is 46.5. The van der Waals surface area contributed by atoms with E-state index in [4.69, 9.17) is 15.2 Å². The number of anilines is 1. The molecule has 7 heteroatoms. The lowest BCUT2D eigenvalue weighted by atomic mass is 10.3. The highest BCUT2D eigenvalue weighted by atomic mass is 32.2. The van der Waals surface area contributed by atoms with Gasteiger partial charge >= 0.3 is 0 Å². The van der Waals surface area contributed by atoms with Crippen molar-refractivity contribution < 1.29 is 22.3 Å². The molecule has 1 aromatic rings. The molecule has 5 nitrogen and oxygen atoms in total. The highest BCUT2D eigenvalue weighted by Gasteiger charge is 2.15. The first-order chi connectivity index (χ1) is 8.45. The lowest BCUT2D eigenvalue weighted by Gasteiger charge is -2.06. The number of sulfone groups is 1. The fourth-order valence-corrected chi connectivity index (χ4v) is 2.48. The van der Waals surface area contributed by atoms with E-state index < -0.39 is 15.7 Å². The van der Waals surface area contributed by atoms with Gasteiger partial charge in [-0.1, -0.05) is 0 Å².